The second-order valence-electron chi connectivity index (χ2n) is 6.77. The molecule has 1 N–H and O–H groups in total. The zero-order valence-electron chi connectivity index (χ0n) is 15.2. The van der Waals surface area contributed by atoms with Crippen LogP contribution in [0.2, 0.25) is 10.0 Å². The van der Waals surface area contributed by atoms with Gasteiger partial charge in [0.15, 0.2) is 0 Å². The second-order valence-corrected chi connectivity index (χ2v) is 8.81. The van der Waals surface area contributed by atoms with E-state index in [9.17, 15) is 4.79 Å². The van der Waals surface area contributed by atoms with E-state index in [0.717, 1.165) is 48.3 Å². The summed E-state index contributed by atoms with van der Waals surface area (Å²) in [5.41, 5.74) is 1.23. The third kappa shape index (κ3) is 6.72. The van der Waals surface area contributed by atoms with E-state index in [1.165, 1.54) is 10.5 Å². The first-order valence-corrected chi connectivity index (χ1v) is 11.0. The van der Waals surface area contributed by atoms with Crippen molar-refractivity contribution in [2.75, 3.05) is 25.4 Å². The number of likely N-dealkylation sites (tertiary alicyclic amines) is 1. The van der Waals surface area contributed by atoms with Gasteiger partial charge in [0.25, 0.3) is 0 Å². The summed E-state index contributed by atoms with van der Waals surface area (Å²) in [6.07, 6.45) is 1.83. The van der Waals surface area contributed by atoms with Crippen LogP contribution in [0, 0.1) is 5.92 Å². The molecule has 1 amide bonds. The number of nitrogens with zero attached hydrogens (tertiary/aromatic N) is 1. The quantitative estimate of drug-likeness (QED) is 0.496. The highest BCUT2D eigenvalue weighted by atomic mass is 35.5. The molecule has 0 aliphatic carbocycles. The number of carbonyl (C=O) groups excluding carboxylic acids is 1. The van der Waals surface area contributed by atoms with E-state index in [4.69, 9.17) is 23.2 Å². The molecule has 0 saturated carbocycles. The molecule has 0 atom stereocenters. The van der Waals surface area contributed by atoms with Crippen molar-refractivity contribution in [2.24, 2.45) is 5.92 Å². The maximum Gasteiger partial charge on any atom is 0.223 e. The highest BCUT2D eigenvalue weighted by Gasteiger charge is 2.24. The molecule has 0 unspecified atom stereocenters. The van der Waals surface area contributed by atoms with E-state index in [-0.39, 0.29) is 11.8 Å². The van der Waals surface area contributed by atoms with Crippen LogP contribution in [0.3, 0.4) is 0 Å². The van der Waals surface area contributed by atoms with E-state index in [1.54, 1.807) is 11.8 Å². The van der Waals surface area contributed by atoms with Crippen molar-refractivity contribution in [1.29, 1.82) is 0 Å². The van der Waals surface area contributed by atoms with Gasteiger partial charge in [-0.1, -0.05) is 35.3 Å². The molecule has 27 heavy (non-hydrogen) atoms. The van der Waals surface area contributed by atoms with Crippen LogP contribution in [0.1, 0.15) is 18.4 Å². The number of halogens is 2. The van der Waals surface area contributed by atoms with Gasteiger partial charge in [0.1, 0.15) is 0 Å². The van der Waals surface area contributed by atoms with E-state index in [2.05, 4.69) is 16.3 Å². The Bertz CT molecular complexity index is 746. The molecule has 0 aromatic heterocycles. The van der Waals surface area contributed by atoms with Gasteiger partial charge in [-0.15, -0.1) is 11.8 Å². The predicted octanol–water partition coefficient (Wildman–Crippen LogP) is 5.11. The van der Waals surface area contributed by atoms with Crippen LogP contribution in [0.4, 0.5) is 0 Å². The van der Waals surface area contributed by atoms with E-state index in [1.807, 2.05) is 42.5 Å². The molecule has 6 heteroatoms. The monoisotopic (exact) mass is 422 g/mol. The Hall–Kier alpha value is -1.20. The summed E-state index contributed by atoms with van der Waals surface area (Å²) < 4.78 is 0. The summed E-state index contributed by atoms with van der Waals surface area (Å²) in [4.78, 5) is 16.0. The lowest BCUT2D eigenvalue weighted by Crippen LogP contribution is -2.40. The molecule has 0 bridgehead atoms. The van der Waals surface area contributed by atoms with Crippen LogP contribution in [0.15, 0.2) is 53.4 Å². The summed E-state index contributed by atoms with van der Waals surface area (Å²) in [6, 6.07) is 15.8. The van der Waals surface area contributed by atoms with Gasteiger partial charge in [-0.05, 0) is 67.9 Å². The van der Waals surface area contributed by atoms with Crippen LogP contribution in [-0.4, -0.2) is 36.2 Å². The Morgan fingerprint density at radius 3 is 2.52 bits per heavy atom. The number of amides is 1. The number of rotatable bonds is 7. The summed E-state index contributed by atoms with van der Waals surface area (Å²) in [6.45, 7) is 3.48. The average Bonchev–Trinajstić information content (AvgIpc) is 2.67. The summed E-state index contributed by atoms with van der Waals surface area (Å²) >= 11 is 13.7. The number of hydrogen-bond donors (Lipinski definition) is 1. The van der Waals surface area contributed by atoms with Gasteiger partial charge in [0, 0.05) is 39.7 Å². The lowest BCUT2D eigenvalue weighted by molar-refractivity contribution is -0.126. The zero-order valence-corrected chi connectivity index (χ0v) is 17.5. The van der Waals surface area contributed by atoms with Crippen molar-refractivity contribution < 1.29 is 4.79 Å². The summed E-state index contributed by atoms with van der Waals surface area (Å²) in [7, 11) is 0. The summed E-state index contributed by atoms with van der Waals surface area (Å²) in [5.74, 6) is 1.18. The molecule has 1 heterocycles. The molecular weight excluding hydrogens is 399 g/mol. The fourth-order valence-electron chi connectivity index (χ4n) is 3.27. The number of nitrogens with one attached hydrogen (secondary N) is 1. The Labute approximate surface area is 175 Å². The lowest BCUT2D eigenvalue weighted by Gasteiger charge is -2.31. The minimum absolute atomic E-state index is 0.126. The number of thioether (sulfide) groups is 1. The van der Waals surface area contributed by atoms with Gasteiger partial charge in [-0.3, -0.25) is 9.69 Å². The SMILES string of the molecule is O=C(NCCSc1ccc(Cl)cc1)C1CCN(Cc2cccc(Cl)c2)CC1. The highest BCUT2D eigenvalue weighted by molar-refractivity contribution is 7.99. The zero-order chi connectivity index (χ0) is 19.1. The number of carbonyl (C=O) groups is 1. The Balaban J connectivity index is 1.34. The normalized spacial score (nSPS) is 15.6. The number of hydrogen-bond acceptors (Lipinski definition) is 3. The van der Waals surface area contributed by atoms with Gasteiger partial charge in [-0.25, -0.2) is 0 Å². The van der Waals surface area contributed by atoms with Gasteiger partial charge in [-0.2, -0.15) is 0 Å². The van der Waals surface area contributed by atoms with Crippen LogP contribution < -0.4 is 5.32 Å². The maximum atomic E-state index is 12.4. The molecule has 144 valence electrons. The molecule has 2 aromatic rings. The number of piperidine rings is 1. The molecule has 1 aliphatic rings. The smallest absolute Gasteiger partial charge is 0.223 e. The van der Waals surface area contributed by atoms with E-state index in [0.29, 0.717) is 6.54 Å². The van der Waals surface area contributed by atoms with Gasteiger partial charge in [0.05, 0.1) is 0 Å². The molecule has 3 rings (SSSR count). The standard InChI is InChI=1S/C21H24Cl2N2OS/c22-18-4-6-20(7-5-18)27-13-10-24-21(26)17-8-11-25(12-9-17)15-16-2-1-3-19(23)14-16/h1-7,14,17H,8-13,15H2,(H,24,26). The van der Waals surface area contributed by atoms with E-state index < -0.39 is 0 Å². The second kappa shape index (κ2) is 10.4. The fourth-order valence-corrected chi connectivity index (χ4v) is 4.37. The molecule has 1 fully saturated rings. The van der Waals surface area contributed by atoms with Crippen LogP contribution in [0.5, 0.6) is 0 Å². The third-order valence-electron chi connectivity index (χ3n) is 4.74. The first-order valence-electron chi connectivity index (χ1n) is 9.23. The van der Waals surface area contributed by atoms with Crippen molar-refractivity contribution >= 4 is 40.9 Å². The third-order valence-corrected chi connectivity index (χ3v) is 6.24. The minimum Gasteiger partial charge on any atom is -0.355 e. The fraction of sp³-hybridized carbons (Fsp3) is 0.381. The largest absolute Gasteiger partial charge is 0.355 e. The summed E-state index contributed by atoms with van der Waals surface area (Å²) in [5, 5.41) is 4.61. The van der Waals surface area contributed by atoms with Crippen LogP contribution in [-0.2, 0) is 11.3 Å². The van der Waals surface area contributed by atoms with Gasteiger partial charge >= 0.3 is 0 Å². The average molecular weight is 423 g/mol. The van der Waals surface area contributed by atoms with Gasteiger partial charge < -0.3 is 5.32 Å². The van der Waals surface area contributed by atoms with Crippen molar-refractivity contribution in [3.63, 3.8) is 0 Å². The molecule has 0 spiro atoms. The first kappa shape index (κ1) is 20.5. The first-order chi connectivity index (χ1) is 13.1. The molecule has 0 radical (unpaired) electrons. The van der Waals surface area contributed by atoms with Gasteiger partial charge in [0.2, 0.25) is 5.91 Å². The minimum atomic E-state index is 0.126. The lowest BCUT2D eigenvalue weighted by atomic mass is 9.95. The molecule has 2 aromatic carbocycles. The maximum absolute atomic E-state index is 12.4. The van der Waals surface area contributed by atoms with Crippen LogP contribution in [0.25, 0.3) is 0 Å². The number of benzene rings is 2. The van der Waals surface area contributed by atoms with Crippen molar-refractivity contribution in [3.8, 4) is 0 Å². The van der Waals surface area contributed by atoms with Crippen molar-refractivity contribution in [1.82, 2.24) is 10.2 Å². The Morgan fingerprint density at radius 1 is 1.07 bits per heavy atom. The Morgan fingerprint density at radius 2 is 1.81 bits per heavy atom. The van der Waals surface area contributed by atoms with Crippen molar-refractivity contribution in [3.05, 3.63) is 64.1 Å². The highest BCUT2D eigenvalue weighted by Crippen LogP contribution is 2.21. The predicted molar refractivity (Wildman–Crippen MR) is 115 cm³/mol. The topological polar surface area (TPSA) is 32.3 Å². The van der Waals surface area contributed by atoms with E-state index >= 15 is 0 Å². The van der Waals surface area contributed by atoms with Crippen LogP contribution >= 0.6 is 35.0 Å². The Kier molecular flexibility index (Phi) is 7.89. The molecule has 3 nitrogen and oxygen atoms in total. The molecule has 1 saturated heterocycles. The van der Waals surface area contributed by atoms with Crippen molar-refractivity contribution in [2.45, 2.75) is 24.3 Å². The molecule has 1 aliphatic heterocycles. The molecular formula is C21H24Cl2N2OS.